The summed E-state index contributed by atoms with van der Waals surface area (Å²) in [4.78, 5) is 0. The third-order valence-electron chi connectivity index (χ3n) is 2.68. The van der Waals surface area contributed by atoms with Gasteiger partial charge < -0.3 is 10.5 Å². The van der Waals surface area contributed by atoms with Crippen molar-refractivity contribution < 1.29 is 9.13 Å². The van der Waals surface area contributed by atoms with Gasteiger partial charge in [-0.2, -0.15) is 0 Å². The fourth-order valence-corrected chi connectivity index (χ4v) is 1.76. The Morgan fingerprint density at radius 3 is 2.29 bits per heavy atom. The van der Waals surface area contributed by atoms with Crippen LogP contribution in [-0.4, -0.2) is 7.11 Å². The predicted molar refractivity (Wildman–Crippen MR) is 66.3 cm³/mol. The number of hydrogen-bond acceptors (Lipinski definition) is 2. The van der Waals surface area contributed by atoms with Crippen molar-refractivity contribution in [1.82, 2.24) is 0 Å². The van der Waals surface area contributed by atoms with Crippen LogP contribution in [0.25, 0.3) is 11.1 Å². The first kappa shape index (κ1) is 11.6. The fraction of sp³-hybridized carbons (Fsp3) is 0.143. The van der Waals surface area contributed by atoms with Gasteiger partial charge in [-0.3, -0.25) is 0 Å². The minimum Gasteiger partial charge on any atom is -0.496 e. The fourth-order valence-electron chi connectivity index (χ4n) is 1.76. The van der Waals surface area contributed by atoms with Gasteiger partial charge in [0.1, 0.15) is 11.6 Å². The molecular formula is C14H14FNO. The van der Waals surface area contributed by atoms with E-state index in [4.69, 9.17) is 10.5 Å². The van der Waals surface area contributed by atoms with E-state index in [1.807, 2.05) is 18.2 Å². The molecule has 0 saturated carbocycles. The lowest BCUT2D eigenvalue weighted by atomic mass is 10.0. The van der Waals surface area contributed by atoms with Crippen LogP contribution >= 0.6 is 0 Å². The largest absolute Gasteiger partial charge is 0.496 e. The van der Waals surface area contributed by atoms with E-state index < -0.39 is 0 Å². The van der Waals surface area contributed by atoms with Crippen molar-refractivity contribution in [2.75, 3.05) is 7.11 Å². The van der Waals surface area contributed by atoms with Crippen molar-refractivity contribution in [1.29, 1.82) is 0 Å². The molecule has 88 valence electrons. The van der Waals surface area contributed by atoms with Gasteiger partial charge in [-0.15, -0.1) is 0 Å². The van der Waals surface area contributed by atoms with E-state index in [9.17, 15) is 4.39 Å². The Balaban J connectivity index is 2.42. The average molecular weight is 231 g/mol. The zero-order valence-electron chi connectivity index (χ0n) is 9.61. The van der Waals surface area contributed by atoms with Crippen molar-refractivity contribution in [3.8, 4) is 16.9 Å². The maximum absolute atomic E-state index is 12.8. The van der Waals surface area contributed by atoms with Gasteiger partial charge in [0.15, 0.2) is 0 Å². The second-order valence-electron chi connectivity index (χ2n) is 3.74. The Morgan fingerprint density at radius 1 is 1.06 bits per heavy atom. The van der Waals surface area contributed by atoms with Gasteiger partial charge in [0.2, 0.25) is 0 Å². The summed E-state index contributed by atoms with van der Waals surface area (Å²) in [5.41, 5.74) is 8.56. The Bertz CT molecular complexity index is 508. The SMILES string of the molecule is COc1ccc(-c2ccc(F)cc2)cc1CN. The number of methoxy groups -OCH3 is 1. The smallest absolute Gasteiger partial charge is 0.123 e. The minimum atomic E-state index is -0.235. The van der Waals surface area contributed by atoms with Crippen LogP contribution < -0.4 is 10.5 Å². The number of hydrogen-bond donors (Lipinski definition) is 1. The van der Waals surface area contributed by atoms with Gasteiger partial charge in [0.25, 0.3) is 0 Å². The highest BCUT2D eigenvalue weighted by Crippen LogP contribution is 2.26. The molecule has 0 aliphatic heterocycles. The van der Waals surface area contributed by atoms with E-state index in [2.05, 4.69) is 0 Å². The third-order valence-corrected chi connectivity index (χ3v) is 2.68. The summed E-state index contributed by atoms with van der Waals surface area (Å²) in [5, 5.41) is 0. The molecule has 17 heavy (non-hydrogen) atoms. The highest BCUT2D eigenvalue weighted by molar-refractivity contribution is 5.65. The summed E-state index contributed by atoms with van der Waals surface area (Å²) in [5.74, 6) is 0.541. The Morgan fingerprint density at radius 2 is 1.71 bits per heavy atom. The van der Waals surface area contributed by atoms with E-state index in [1.54, 1.807) is 19.2 Å². The van der Waals surface area contributed by atoms with Gasteiger partial charge in [-0.25, -0.2) is 4.39 Å². The number of ether oxygens (including phenoxy) is 1. The quantitative estimate of drug-likeness (QED) is 0.881. The highest BCUT2D eigenvalue weighted by atomic mass is 19.1. The minimum absolute atomic E-state index is 0.235. The first-order valence-corrected chi connectivity index (χ1v) is 5.37. The molecule has 0 heterocycles. The normalized spacial score (nSPS) is 10.3. The molecule has 0 saturated heterocycles. The van der Waals surface area contributed by atoms with Gasteiger partial charge >= 0.3 is 0 Å². The molecule has 0 radical (unpaired) electrons. The molecule has 2 rings (SSSR count). The maximum atomic E-state index is 12.8. The summed E-state index contributed by atoms with van der Waals surface area (Å²) in [6.07, 6.45) is 0. The Labute approximate surface area is 99.8 Å². The molecule has 2 N–H and O–H groups in total. The van der Waals surface area contributed by atoms with Crippen LogP contribution in [0.1, 0.15) is 5.56 Å². The van der Waals surface area contributed by atoms with Gasteiger partial charge in [-0.1, -0.05) is 18.2 Å². The molecule has 0 unspecified atom stereocenters. The lowest BCUT2D eigenvalue weighted by Gasteiger charge is -2.09. The van der Waals surface area contributed by atoms with Gasteiger partial charge in [0, 0.05) is 12.1 Å². The van der Waals surface area contributed by atoms with Crippen LogP contribution in [0.2, 0.25) is 0 Å². The number of rotatable bonds is 3. The molecule has 3 heteroatoms. The first-order chi connectivity index (χ1) is 8.24. The standard InChI is InChI=1S/C14H14FNO/c1-17-14-7-4-11(8-12(14)9-16)10-2-5-13(15)6-3-10/h2-8H,9,16H2,1H3. The van der Waals surface area contributed by atoms with Gasteiger partial charge in [-0.05, 0) is 35.4 Å². The monoisotopic (exact) mass is 231 g/mol. The summed E-state index contributed by atoms with van der Waals surface area (Å²) >= 11 is 0. The number of halogens is 1. The lowest BCUT2D eigenvalue weighted by molar-refractivity contribution is 0.410. The average Bonchev–Trinajstić information content (AvgIpc) is 2.39. The van der Waals surface area contributed by atoms with E-state index in [0.29, 0.717) is 6.54 Å². The molecule has 0 spiro atoms. The highest BCUT2D eigenvalue weighted by Gasteiger charge is 2.04. The third kappa shape index (κ3) is 2.45. The molecule has 2 nitrogen and oxygen atoms in total. The van der Waals surface area contributed by atoms with E-state index in [-0.39, 0.29) is 5.82 Å². The van der Waals surface area contributed by atoms with Crippen LogP contribution in [0.4, 0.5) is 4.39 Å². The van der Waals surface area contributed by atoms with Crippen LogP contribution in [-0.2, 0) is 6.54 Å². The van der Waals surface area contributed by atoms with Crippen molar-refractivity contribution >= 4 is 0 Å². The zero-order valence-corrected chi connectivity index (χ0v) is 9.61. The van der Waals surface area contributed by atoms with E-state index >= 15 is 0 Å². The predicted octanol–water partition coefficient (Wildman–Crippen LogP) is 2.96. The van der Waals surface area contributed by atoms with E-state index in [0.717, 1.165) is 22.4 Å². The molecule has 2 aromatic carbocycles. The molecule has 0 aliphatic rings. The molecule has 0 atom stereocenters. The molecule has 2 aromatic rings. The van der Waals surface area contributed by atoms with Crippen LogP contribution in [0.15, 0.2) is 42.5 Å². The van der Waals surface area contributed by atoms with E-state index in [1.165, 1.54) is 12.1 Å². The summed E-state index contributed by atoms with van der Waals surface area (Å²) in [6.45, 7) is 0.415. The first-order valence-electron chi connectivity index (χ1n) is 5.37. The molecule has 0 amide bonds. The second-order valence-corrected chi connectivity index (χ2v) is 3.74. The summed E-state index contributed by atoms with van der Waals surface area (Å²) in [6, 6.07) is 12.2. The topological polar surface area (TPSA) is 35.2 Å². The summed E-state index contributed by atoms with van der Waals surface area (Å²) in [7, 11) is 1.62. The molecule has 0 aromatic heterocycles. The van der Waals surface area contributed by atoms with Gasteiger partial charge in [0.05, 0.1) is 7.11 Å². The summed E-state index contributed by atoms with van der Waals surface area (Å²) < 4.78 is 18.0. The molecule has 0 fully saturated rings. The molecule has 0 aliphatic carbocycles. The van der Waals surface area contributed by atoms with Crippen molar-refractivity contribution in [2.45, 2.75) is 6.54 Å². The Kier molecular flexibility index (Phi) is 3.40. The maximum Gasteiger partial charge on any atom is 0.123 e. The zero-order chi connectivity index (χ0) is 12.3. The van der Waals surface area contributed by atoms with Crippen molar-refractivity contribution in [3.05, 3.63) is 53.8 Å². The number of benzene rings is 2. The second kappa shape index (κ2) is 4.97. The molecule has 0 bridgehead atoms. The van der Waals surface area contributed by atoms with Crippen LogP contribution in [0.5, 0.6) is 5.75 Å². The Hall–Kier alpha value is -1.87. The van der Waals surface area contributed by atoms with Crippen molar-refractivity contribution in [3.63, 3.8) is 0 Å². The van der Waals surface area contributed by atoms with Crippen LogP contribution in [0.3, 0.4) is 0 Å². The number of nitrogens with two attached hydrogens (primary N) is 1. The lowest BCUT2D eigenvalue weighted by Crippen LogP contribution is -2.00. The van der Waals surface area contributed by atoms with Crippen LogP contribution in [0, 0.1) is 5.82 Å². The molecular weight excluding hydrogens is 217 g/mol. The van der Waals surface area contributed by atoms with Crippen molar-refractivity contribution in [2.24, 2.45) is 5.73 Å².